The first-order valence-corrected chi connectivity index (χ1v) is 9.83. The Kier molecular flexibility index (Phi) is 5.85. The van der Waals surface area contributed by atoms with Gasteiger partial charge in [0.1, 0.15) is 12.4 Å². The lowest BCUT2D eigenvalue weighted by atomic mass is 10.2. The van der Waals surface area contributed by atoms with Gasteiger partial charge in [-0.1, -0.05) is 48.0 Å². The Morgan fingerprint density at radius 1 is 1.16 bits per heavy atom. The second-order valence-corrected chi connectivity index (χ2v) is 7.04. The number of rotatable bonds is 7. The molecule has 0 bridgehead atoms. The molecule has 0 amide bonds. The first kappa shape index (κ1) is 20.4. The Labute approximate surface area is 181 Å². The summed E-state index contributed by atoms with van der Waals surface area (Å²) in [6.07, 6.45) is 1.55. The summed E-state index contributed by atoms with van der Waals surface area (Å²) in [6.45, 7) is 0.581. The summed E-state index contributed by atoms with van der Waals surface area (Å²) >= 11 is 6.15. The van der Waals surface area contributed by atoms with Gasteiger partial charge in [-0.3, -0.25) is 18.9 Å². The van der Waals surface area contributed by atoms with Crippen molar-refractivity contribution in [2.75, 3.05) is 12.0 Å². The number of hydrogen-bond acceptors (Lipinski definition) is 6. The van der Waals surface area contributed by atoms with Crippen LogP contribution in [0.3, 0.4) is 0 Å². The molecule has 0 unspecified atom stereocenters. The van der Waals surface area contributed by atoms with Gasteiger partial charge >= 0.3 is 5.69 Å². The normalized spacial score (nSPS) is 11.3. The zero-order chi connectivity index (χ0) is 21.8. The van der Waals surface area contributed by atoms with E-state index in [0.717, 1.165) is 5.56 Å². The lowest BCUT2D eigenvalue weighted by Gasteiger charge is -2.10. The fourth-order valence-corrected chi connectivity index (χ4v) is 3.23. The van der Waals surface area contributed by atoms with Crippen molar-refractivity contribution in [3.05, 3.63) is 86.0 Å². The average Bonchev–Trinajstić information content (AvgIpc) is 3.13. The van der Waals surface area contributed by atoms with Gasteiger partial charge in [0.25, 0.3) is 5.56 Å². The van der Waals surface area contributed by atoms with E-state index in [1.54, 1.807) is 16.8 Å². The Hall–Kier alpha value is -3.85. The number of para-hydroxylation sites is 1. The van der Waals surface area contributed by atoms with E-state index in [1.807, 2.05) is 48.5 Å². The van der Waals surface area contributed by atoms with Crippen LogP contribution in [-0.2, 0) is 13.6 Å². The van der Waals surface area contributed by atoms with E-state index >= 15 is 0 Å². The molecule has 31 heavy (non-hydrogen) atoms. The average molecular weight is 439 g/mol. The van der Waals surface area contributed by atoms with Gasteiger partial charge in [-0.25, -0.2) is 10.2 Å². The number of halogens is 1. The summed E-state index contributed by atoms with van der Waals surface area (Å²) in [5, 5.41) is 4.75. The quantitative estimate of drug-likeness (QED) is 0.341. The summed E-state index contributed by atoms with van der Waals surface area (Å²) in [6, 6.07) is 16.6. The number of fused-ring (bicyclic) bond motifs is 1. The van der Waals surface area contributed by atoms with Crippen molar-refractivity contribution in [3.63, 3.8) is 0 Å². The smallest absolute Gasteiger partial charge is 0.329 e. The highest BCUT2D eigenvalue weighted by atomic mass is 35.5. The third kappa shape index (κ3) is 4.36. The van der Waals surface area contributed by atoms with E-state index in [4.69, 9.17) is 16.3 Å². The molecule has 2 heterocycles. The van der Waals surface area contributed by atoms with E-state index < -0.39 is 11.2 Å². The molecule has 0 saturated carbocycles. The third-order valence-electron chi connectivity index (χ3n) is 4.61. The third-order valence-corrected chi connectivity index (χ3v) is 4.95. The van der Waals surface area contributed by atoms with Crippen LogP contribution in [-0.4, -0.2) is 31.9 Å². The molecule has 0 aliphatic rings. The molecular weight excluding hydrogens is 420 g/mol. The molecule has 4 aromatic rings. The second kappa shape index (κ2) is 8.88. The first-order valence-electron chi connectivity index (χ1n) is 9.45. The van der Waals surface area contributed by atoms with Gasteiger partial charge in [-0.05, 0) is 18.2 Å². The molecule has 0 spiro atoms. The highest BCUT2D eigenvalue weighted by Gasteiger charge is 2.17. The lowest BCUT2D eigenvalue weighted by molar-refractivity contribution is 0.301. The number of nitrogens with zero attached hydrogens (tertiary/aromatic N) is 4. The maximum atomic E-state index is 12.5. The highest BCUT2D eigenvalue weighted by Crippen LogP contribution is 2.17. The summed E-state index contributed by atoms with van der Waals surface area (Å²) in [5.74, 6) is 1.00. The first-order chi connectivity index (χ1) is 15.0. The number of ether oxygens (including phenoxy) is 1. The van der Waals surface area contributed by atoms with Gasteiger partial charge < -0.3 is 4.74 Å². The van der Waals surface area contributed by atoms with Crippen molar-refractivity contribution in [3.8, 4) is 5.75 Å². The minimum Gasteiger partial charge on any atom is -0.492 e. The summed E-state index contributed by atoms with van der Waals surface area (Å²) in [4.78, 5) is 31.2. The van der Waals surface area contributed by atoms with Crippen LogP contribution in [0, 0.1) is 0 Å². The summed E-state index contributed by atoms with van der Waals surface area (Å²) in [5.41, 5.74) is 2.96. The molecule has 10 heteroatoms. The maximum absolute atomic E-state index is 12.5. The molecule has 158 valence electrons. The Morgan fingerprint density at radius 2 is 1.90 bits per heavy atom. The highest BCUT2D eigenvalue weighted by molar-refractivity contribution is 6.33. The standard InChI is InChI=1S/C21H19ClN6O3/c1-27-18-17(19(29)25-21(27)30)28(11-12-31-15-8-3-2-4-9-15)20(24-18)26-23-13-14-7-5-6-10-16(14)22/h2-10,13H,11-12H2,1H3,(H,24,26)(H,25,29,30)/b23-13-. The van der Waals surface area contributed by atoms with Crippen LogP contribution in [0.2, 0.25) is 5.02 Å². The zero-order valence-electron chi connectivity index (χ0n) is 16.6. The number of aromatic amines is 1. The number of benzene rings is 2. The molecule has 0 saturated heterocycles. The topological polar surface area (TPSA) is 106 Å². The van der Waals surface area contributed by atoms with Crippen LogP contribution in [0.1, 0.15) is 5.56 Å². The Bertz CT molecular complexity index is 1360. The number of aromatic nitrogens is 4. The molecule has 2 aromatic heterocycles. The van der Waals surface area contributed by atoms with Crippen molar-refractivity contribution >= 4 is 34.9 Å². The molecule has 2 aromatic carbocycles. The van der Waals surface area contributed by atoms with Crippen molar-refractivity contribution in [1.29, 1.82) is 0 Å². The van der Waals surface area contributed by atoms with E-state index in [-0.39, 0.29) is 17.8 Å². The van der Waals surface area contributed by atoms with Gasteiger partial charge in [-0.15, -0.1) is 0 Å². The largest absolute Gasteiger partial charge is 0.492 e. The number of nitrogens with one attached hydrogen (secondary N) is 2. The number of aryl methyl sites for hydroxylation is 1. The molecule has 0 aliphatic heterocycles. The molecule has 9 nitrogen and oxygen atoms in total. The zero-order valence-corrected chi connectivity index (χ0v) is 17.3. The molecule has 0 aliphatic carbocycles. The summed E-state index contributed by atoms with van der Waals surface area (Å²) in [7, 11) is 1.54. The van der Waals surface area contributed by atoms with Crippen molar-refractivity contribution in [2.45, 2.75) is 6.54 Å². The fraction of sp³-hybridized carbons (Fsp3) is 0.143. The van der Waals surface area contributed by atoms with Crippen LogP contribution in [0.15, 0.2) is 69.3 Å². The number of imidazole rings is 1. The Balaban J connectivity index is 1.66. The van der Waals surface area contributed by atoms with E-state index in [9.17, 15) is 9.59 Å². The van der Waals surface area contributed by atoms with Gasteiger partial charge in [0.2, 0.25) is 5.95 Å². The van der Waals surface area contributed by atoms with E-state index in [2.05, 4.69) is 20.5 Å². The minimum absolute atomic E-state index is 0.240. The number of hydrazone groups is 1. The second-order valence-electron chi connectivity index (χ2n) is 6.63. The molecule has 2 N–H and O–H groups in total. The van der Waals surface area contributed by atoms with Crippen molar-refractivity contribution < 1.29 is 4.74 Å². The predicted molar refractivity (Wildman–Crippen MR) is 120 cm³/mol. The maximum Gasteiger partial charge on any atom is 0.329 e. The minimum atomic E-state index is -0.547. The molecule has 0 atom stereocenters. The van der Waals surface area contributed by atoms with Crippen molar-refractivity contribution in [2.24, 2.45) is 12.1 Å². The molecular formula is C21H19ClN6O3. The van der Waals surface area contributed by atoms with Crippen molar-refractivity contribution in [1.82, 2.24) is 19.1 Å². The lowest BCUT2D eigenvalue weighted by Crippen LogP contribution is -2.29. The SMILES string of the molecule is Cn1c(=O)[nH]c(=O)c2c1nc(N/N=C\c1ccccc1Cl)n2CCOc1ccccc1. The van der Waals surface area contributed by atoms with Crippen LogP contribution in [0.5, 0.6) is 5.75 Å². The van der Waals surface area contributed by atoms with Gasteiger partial charge in [-0.2, -0.15) is 10.1 Å². The van der Waals surface area contributed by atoms with Gasteiger partial charge in [0, 0.05) is 17.6 Å². The summed E-state index contributed by atoms with van der Waals surface area (Å²) < 4.78 is 8.65. The fourth-order valence-electron chi connectivity index (χ4n) is 3.05. The number of hydrogen-bond donors (Lipinski definition) is 2. The van der Waals surface area contributed by atoms with Crippen LogP contribution < -0.4 is 21.4 Å². The molecule has 4 rings (SSSR count). The van der Waals surface area contributed by atoms with E-state index in [0.29, 0.717) is 23.3 Å². The van der Waals surface area contributed by atoms with Crippen LogP contribution in [0.4, 0.5) is 5.95 Å². The molecule has 0 fully saturated rings. The van der Waals surface area contributed by atoms with Crippen LogP contribution in [0.25, 0.3) is 11.2 Å². The van der Waals surface area contributed by atoms with Gasteiger partial charge in [0.05, 0.1) is 12.8 Å². The van der Waals surface area contributed by atoms with Gasteiger partial charge in [0.15, 0.2) is 11.2 Å². The monoisotopic (exact) mass is 438 g/mol. The molecule has 0 radical (unpaired) electrons. The van der Waals surface area contributed by atoms with E-state index in [1.165, 1.54) is 11.6 Å². The predicted octanol–water partition coefficient (Wildman–Crippen LogP) is 2.60. The number of H-pyrrole nitrogens is 1. The van der Waals surface area contributed by atoms with Crippen LogP contribution >= 0.6 is 11.6 Å². The Morgan fingerprint density at radius 3 is 2.68 bits per heavy atom. The number of anilines is 1.